The van der Waals surface area contributed by atoms with Gasteiger partial charge < -0.3 is 5.32 Å². The number of nitrogens with zero attached hydrogens (tertiary/aromatic N) is 2. The van der Waals surface area contributed by atoms with E-state index in [1.165, 1.54) is 0 Å². The van der Waals surface area contributed by atoms with Crippen LogP contribution in [0.1, 0.15) is 28.8 Å². The van der Waals surface area contributed by atoms with E-state index in [2.05, 4.69) is 27.0 Å². The normalized spacial score (nSPS) is 17.4. The fourth-order valence-electron chi connectivity index (χ4n) is 3.07. The van der Waals surface area contributed by atoms with Crippen LogP contribution in [0.3, 0.4) is 0 Å². The summed E-state index contributed by atoms with van der Waals surface area (Å²) < 4.78 is 0. The number of carbonyl (C=O) groups excluding carboxylic acids is 1. The summed E-state index contributed by atoms with van der Waals surface area (Å²) in [6.45, 7) is 3.55. The van der Waals surface area contributed by atoms with Crippen molar-refractivity contribution >= 4 is 5.91 Å². The number of piperidine rings is 1. The molecule has 2 aromatic rings. The lowest BCUT2D eigenvalue weighted by atomic mass is 9.98. The van der Waals surface area contributed by atoms with Crippen molar-refractivity contribution in [3.8, 4) is 11.8 Å². The Morgan fingerprint density at radius 1 is 1.24 bits per heavy atom. The lowest BCUT2D eigenvalue weighted by Crippen LogP contribution is -2.41. The molecular weight excluding hydrogens is 310 g/mol. The first kappa shape index (κ1) is 17.2. The van der Waals surface area contributed by atoms with Crippen LogP contribution in [0.2, 0.25) is 0 Å². The van der Waals surface area contributed by atoms with Crippen LogP contribution in [0.4, 0.5) is 0 Å². The van der Waals surface area contributed by atoms with E-state index in [0.717, 1.165) is 38.0 Å². The molecule has 1 unspecified atom stereocenters. The summed E-state index contributed by atoms with van der Waals surface area (Å²) >= 11 is 0. The average molecular weight is 333 g/mol. The Bertz CT molecular complexity index is 734. The highest BCUT2D eigenvalue weighted by Gasteiger charge is 2.19. The molecule has 1 amide bonds. The number of carbonyl (C=O) groups is 1. The second-order valence-electron chi connectivity index (χ2n) is 6.36. The highest BCUT2D eigenvalue weighted by molar-refractivity contribution is 5.93. The smallest absolute Gasteiger partial charge is 0.252 e. The van der Waals surface area contributed by atoms with E-state index in [4.69, 9.17) is 0 Å². The van der Waals surface area contributed by atoms with Gasteiger partial charge in [-0.05, 0) is 49.6 Å². The molecule has 1 N–H and O–H groups in total. The van der Waals surface area contributed by atoms with Gasteiger partial charge in [0.25, 0.3) is 5.91 Å². The molecule has 3 rings (SSSR count). The number of hydrogen-bond donors (Lipinski definition) is 1. The van der Waals surface area contributed by atoms with E-state index in [-0.39, 0.29) is 5.91 Å². The van der Waals surface area contributed by atoms with Gasteiger partial charge in [-0.1, -0.05) is 30.0 Å². The molecule has 1 aromatic heterocycles. The zero-order chi connectivity index (χ0) is 17.3. The van der Waals surface area contributed by atoms with Gasteiger partial charge >= 0.3 is 0 Å². The number of hydrogen-bond acceptors (Lipinski definition) is 3. The summed E-state index contributed by atoms with van der Waals surface area (Å²) in [6.07, 6.45) is 5.57. The lowest BCUT2D eigenvalue weighted by molar-refractivity contribution is 0.0934. The van der Waals surface area contributed by atoms with Crippen LogP contribution in [0, 0.1) is 17.8 Å². The first-order chi connectivity index (χ1) is 12.3. The fraction of sp³-hybridized carbons (Fsp3) is 0.333. The van der Waals surface area contributed by atoms with Crippen LogP contribution in [-0.4, -0.2) is 42.0 Å². The molecule has 0 aliphatic carbocycles. The number of rotatable bonds is 4. The van der Waals surface area contributed by atoms with Crippen molar-refractivity contribution in [3.63, 3.8) is 0 Å². The first-order valence-corrected chi connectivity index (χ1v) is 8.76. The monoisotopic (exact) mass is 333 g/mol. The van der Waals surface area contributed by atoms with E-state index >= 15 is 0 Å². The molecule has 1 aliphatic rings. The van der Waals surface area contributed by atoms with Crippen LogP contribution >= 0.6 is 0 Å². The number of amides is 1. The molecule has 0 radical (unpaired) electrons. The van der Waals surface area contributed by atoms with Crippen molar-refractivity contribution in [3.05, 3.63) is 66.0 Å². The van der Waals surface area contributed by atoms with Crippen molar-refractivity contribution in [2.75, 3.05) is 26.2 Å². The Labute approximate surface area is 149 Å². The van der Waals surface area contributed by atoms with Crippen molar-refractivity contribution in [2.24, 2.45) is 5.92 Å². The molecule has 0 bridgehead atoms. The largest absolute Gasteiger partial charge is 0.352 e. The molecule has 25 heavy (non-hydrogen) atoms. The summed E-state index contributed by atoms with van der Waals surface area (Å²) in [5.41, 5.74) is 1.67. The molecule has 0 spiro atoms. The topological polar surface area (TPSA) is 45.2 Å². The lowest BCUT2D eigenvalue weighted by Gasteiger charge is -2.31. The predicted molar refractivity (Wildman–Crippen MR) is 99.1 cm³/mol. The van der Waals surface area contributed by atoms with Crippen molar-refractivity contribution in [2.45, 2.75) is 12.8 Å². The van der Waals surface area contributed by atoms with E-state index in [1.807, 2.05) is 30.3 Å². The maximum absolute atomic E-state index is 12.1. The van der Waals surface area contributed by atoms with Crippen LogP contribution in [0.25, 0.3) is 0 Å². The number of pyridine rings is 1. The predicted octanol–water partition coefficient (Wildman–Crippen LogP) is 2.58. The number of nitrogens with one attached hydrogen (secondary N) is 1. The molecule has 4 nitrogen and oxygen atoms in total. The van der Waals surface area contributed by atoms with Gasteiger partial charge in [0.2, 0.25) is 0 Å². The quantitative estimate of drug-likeness (QED) is 0.875. The van der Waals surface area contributed by atoms with Crippen LogP contribution in [-0.2, 0) is 0 Å². The first-order valence-electron chi connectivity index (χ1n) is 8.76. The molecule has 1 atom stereocenters. The summed E-state index contributed by atoms with van der Waals surface area (Å²) in [5.74, 6) is 6.91. The Balaban J connectivity index is 1.45. The third-order valence-corrected chi connectivity index (χ3v) is 4.39. The van der Waals surface area contributed by atoms with Crippen LogP contribution in [0.5, 0.6) is 0 Å². The Hall–Kier alpha value is -2.64. The maximum atomic E-state index is 12.1. The third kappa shape index (κ3) is 5.44. The van der Waals surface area contributed by atoms with Gasteiger partial charge in [0.15, 0.2) is 0 Å². The highest BCUT2D eigenvalue weighted by atomic mass is 16.1. The van der Waals surface area contributed by atoms with E-state index in [0.29, 0.717) is 18.0 Å². The SMILES string of the molecule is O=C(NCC1CCCN(CC#Cc2ccccc2)C1)c1cccnc1. The van der Waals surface area contributed by atoms with Gasteiger partial charge in [0.1, 0.15) is 0 Å². The zero-order valence-corrected chi connectivity index (χ0v) is 14.3. The van der Waals surface area contributed by atoms with Crippen molar-refractivity contribution in [1.29, 1.82) is 0 Å². The summed E-state index contributed by atoms with van der Waals surface area (Å²) in [5, 5.41) is 3.03. The van der Waals surface area contributed by atoms with Crippen LogP contribution in [0.15, 0.2) is 54.9 Å². The molecule has 128 valence electrons. The second kappa shape index (κ2) is 9.00. The van der Waals surface area contributed by atoms with Crippen molar-refractivity contribution < 1.29 is 4.79 Å². The minimum absolute atomic E-state index is 0.0471. The minimum atomic E-state index is -0.0471. The third-order valence-electron chi connectivity index (χ3n) is 4.39. The average Bonchev–Trinajstić information content (AvgIpc) is 2.68. The van der Waals surface area contributed by atoms with Crippen LogP contribution < -0.4 is 5.32 Å². The Kier molecular flexibility index (Phi) is 6.19. The number of benzene rings is 1. The summed E-state index contributed by atoms with van der Waals surface area (Å²) in [4.78, 5) is 18.5. The standard InChI is InChI=1S/C21H23N3O/c25-21(20-11-4-12-22-16-20)23-15-19-10-6-14-24(17-19)13-5-9-18-7-2-1-3-8-18/h1-4,7-8,11-12,16,19H,6,10,13-15,17H2,(H,23,25). The maximum Gasteiger partial charge on any atom is 0.252 e. The van der Waals surface area contributed by atoms with Gasteiger partial charge in [-0.15, -0.1) is 0 Å². The fourth-order valence-corrected chi connectivity index (χ4v) is 3.07. The molecule has 4 heteroatoms. The molecule has 0 saturated carbocycles. The van der Waals surface area contributed by atoms with Crippen molar-refractivity contribution in [1.82, 2.24) is 15.2 Å². The van der Waals surface area contributed by atoms with E-state index < -0.39 is 0 Å². The molecule has 1 aromatic carbocycles. The van der Waals surface area contributed by atoms with E-state index in [9.17, 15) is 4.79 Å². The number of aromatic nitrogens is 1. The molecule has 1 fully saturated rings. The van der Waals surface area contributed by atoms with Gasteiger partial charge in [0, 0.05) is 31.0 Å². The van der Waals surface area contributed by atoms with Gasteiger partial charge in [-0.3, -0.25) is 14.7 Å². The van der Waals surface area contributed by atoms with Gasteiger partial charge in [0.05, 0.1) is 12.1 Å². The highest BCUT2D eigenvalue weighted by Crippen LogP contribution is 2.15. The minimum Gasteiger partial charge on any atom is -0.352 e. The number of likely N-dealkylation sites (tertiary alicyclic amines) is 1. The van der Waals surface area contributed by atoms with Gasteiger partial charge in [-0.25, -0.2) is 0 Å². The Morgan fingerprint density at radius 2 is 2.12 bits per heavy atom. The summed E-state index contributed by atoms with van der Waals surface area (Å²) in [6, 6.07) is 13.6. The van der Waals surface area contributed by atoms with Gasteiger partial charge in [-0.2, -0.15) is 0 Å². The van der Waals surface area contributed by atoms with E-state index in [1.54, 1.807) is 24.5 Å². The molecule has 2 heterocycles. The molecular formula is C21H23N3O. The molecule has 1 aliphatic heterocycles. The second-order valence-corrected chi connectivity index (χ2v) is 6.36. The zero-order valence-electron chi connectivity index (χ0n) is 14.3. The Morgan fingerprint density at radius 3 is 2.92 bits per heavy atom. The molecule has 1 saturated heterocycles. The summed E-state index contributed by atoms with van der Waals surface area (Å²) in [7, 11) is 0.